The van der Waals surface area contributed by atoms with E-state index in [9.17, 15) is 4.79 Å². The van der Waals surface area contributed by atoms with Crippen molar-refractivity contribution in [2.75, 3.05) is 17.3 Å². The molecule has 1 heterocycles. The average Bonchev–Trinajstić information content (AvgIpc) is 3.08. The van der Waals surface area contributed by atoms with Crippen LogP contribution in [-0.4, -0.2) is 12.2 Å². The van der Waals surface area contributed by atoms with Crippen molar-refractivity contribution in [1.82, 2.24) is 0 Å². The number of thiophene rings is 1. The van der Waals surface area contributed by atoms with Gasteiger partial charge in [-0.25, -0.2) is 0 Å². The van der Waals surface area contributed by atoms with Crippen molar-refractivity contribution >= 4 is 40.4 Å². The number of benzene rings is 1. The third-order valence-electron chi connectivity index (χ3n) is 3.03. The summed E-state index contributed by atoms with van der Waals surface area (Å²) in [4.78, 5) is 13.2. The molecule has 0 saturated carbocycles. The van der Waals surface area contributed by atoms with Crippen molar-refractivity contribution in [2.24, 2.45) is 11.5 Å². The number of nitrogen functional groups attached to an aromatic ring is 1. The molecule has 0 aliphatic rings. The van der Waals surface area contributed by atoms with E-state index in [1.165, 1.54) is 17.8 Å². The van der Waals surface area contributed by atoms with Gasteiger partial charge in [0.25, 0.3) is 5.91 Å². The van der Waals surface area contributed by atoms with Crippen LogP contribution in [-0.2, 0) is 4.79 Å². The smallest absolute Gasteiger partial charge is 0.271 e. The first-order valence-corrected chi connectivity index (χ1v) is 8.83. The Morgan fingerprint density at radius 1 is 1.26 bits per heavy atom. The summed E-state index contributed by atoms with van der Waals surface area (Å²) in [6, 6.07) is 9.48. The molecule has 0 fully saturated rings. The molecule has 1 aromatic heterocycles. The van der Waals surface area contributed by atoms with Crippen LogP contribution in [0.5, 0.6) is 0 Å². The molecule has 0 atom stereocenters. The minimum atomic E-state index is -0.426. The van der Waals surface area contributed by atoms with E-state index in [0.29, 0.717) is 16.4 Å². The Morgan fingerprint density at radius 2 is 2.04 bits per heavy atom. The summed E-state index contributed by atoms with van der Waals surface area (Å²) in [6.07, 6.45) is 4.90. The highest BCUT2D eigenvalue weighted by molar-refractivity contribution is 8.02. The van der Waals surface area contributed by atoms with E-state index < -0.39 is 5.91 Å². The van der Waals surface area contributed by atoms with E-state index in [-0.39, 0.29) is 5.70 Å². The molecule has 0 aliphatic heterocycles. The summed E-state index contributed by atoms with van der Waals surface area (Å²) in [6.45, 7) is 0. The number of thioether (sulfide) groups is 1. The number of nitrogens with one attached hydrogen (secondary N) is 1. The van der Waals surface area contributed by atoms with Gasteiger partial charge < -0.3 is 22.5 Å². The van der Waals surface area contributed by atoms with Crippen LogP contribution in [0.3, 0.4) is 0 Å². The number of carbonyl (C=O) groups excluding carboxylic acids is 1. The quantitative estimate of drug-likeness (QED) is 0.378. The molecule has 1 aromatic carbocycles. The van der Waals surface area contributed by atoms with Crippen molar-refractivity contribution in [1.29, 1.82) is 0 Å². The van der Waals surface area contributed by atoms with Gasteiger partial charge in [0.1, 0.15) is 0 Å². The van der Waals surface area contributed by atoms with Gasteiger partial charge in [0, 0.05) is 4.88 Å². The lowest BCUT2D eigenvalue weighted by Crippen LogP contribution is -2.20. The SMILES string of the molecule is CS/C(N)=C/C=C(\N)C(=O)Nc1cc(-c2cccs2)ccc1N. The Kier molecular flexibility index (Phi) is 5.72. The molecule has 2 rings (SSSR count). The first-order valence-electron chi connectivity index (χ1n) is 6.73. The number of hydrogen-bond acceptors (Lipinski definition) is 6. The number of nitrogens with two attached hydrogens (primary N) is 3. The highest BCUT2D eigenvalue weighted by atomic mass is 32.2. The fourth-order valence-corrected chi connectivity index (χ4v) is 2.70. The highest BCUT2D eigenvalue weighted by Crippen LogP contribution is 2.30. The molecule has 120 valence electrons. The van der Waals surface area contributed by atoms with Crippen LogP contribution in [0, 0.1) is 0 Å². The van der Waals surface area contributed by atoms with E-state index in [2.05, 4.69) is 5.32 Å². The van der Waals surface area contributed by atoms with Gasteiger partial charge in [-0.3, -0.25) is 4.79 Å². The Hall–Kier alpha value is -2.38. The zero-order chi connectivity index (χ0) is 16.8. The van der Waals surface area contributed by atoms with Gasteiger partial charge in [-0.15, -0.1) is 23.1 Å². The normalized spacial score (nSPS) is 12.2. The van der Waals surface area contributed by atoms with Crippen LogP contribution in [0.2, 0.25) is 0 Å². The lowest BCUT2D eigenvalue weighted by molar-refractivity contribution is -0.112. The monoisotopic (exact) mass is 346 g/mol. The number of rotatable bonds is 5. The van der Waals surface area contributed by atoms with Gasteiger partial charge in [0.05, 0.1) is 22.1 Å². The second kappa shape index (κ2) is 7.75. The lowest BCUT2D eigenvalue weighted by atomic mass is 10.1. The molecular formula is C16H18N4OS2. The molecule has 7 heteroatoms. The first-order chi connectivity index (χ1) is 11.0. The van der Waals surface area contributed by atoms with E-state index >= 15 is 0 Å². The largest absolute Gasteiger partial charge is 0.397 e. The maximum Gasteiger partial charge on any atom is 0.271 e. The maximum atomic E-state index is 12.1. The summed E-state index contributed by atoms with van der Waals surface area (Å²) in [5.41, 5.74) is 19.4. The van der Waals surface area contributed by atoms with Gasteiger partial charge in [0.2, 0.25) is 0 Å². The topological polar surface area (TPSA) is 107 Å². The maximum absolute atomic E-state index is 12.1. The molecule has 0 spiro atoms. The average molecular weight is 346 g/mol. The van der Waals surface area contributed by atoms with Gasteiger partial charge >= 0.3 is 0 Å². The Morgan fingerprint density at radius 3 is 2.70 bits per heavy atom. The molecule has 0 bridgehead atoms. The third-order valence-corrected chi connectivity index (χ3v) is 4.56. The van der Waals surface area contributed by atoms with Gasteiger partial charge in [-0.1, -0.05) is 12.1 Å². The fourth-order valence-electron chi connectivity index (χ4n) is 1.77. The van der Waals surface area contributed by atoms with E-state index in [4.69, 9.17) is 17.2 Å². The van der Waals surface area contributed by atoms with Gasteiger partial charge in [0.15, 0.2) is 0 Å². The van der Waals surface area contributed by atoms with Crippen molar-refractivity contribution in [3.63, 3.8) is 0 Å². The van der Waals surface area contributed by atoms with Crippen LogP contribution in [0.25, 0.3) is 10.4 Å². The first kappa shape index (κ1) is 17.0. The van der Waals surface area contributed by atoms with Crippen LogP contribution in [0.4, 0.5) is 11.4 Å². The molecule has 23 heavy (non-hydrogen) atoms. The molecular weight excluding hydrogens is 328 g/mol. The van der Waals surface area contributed by atoms with E-state index in [1.807, 2.05) is 35.9 Å². The summed E-state index contributed by atoms with van der Waals surface area (Å²) in [7, 11) is 0. The standard InChI is InChI=1S/C16H18N4OS2/c1-22-15(19)7-6-12(18)16(21)20-13-9-10(4-5-11(13)17)14-3-2-8-23-14/h2-9H,17-19H2,1H3,(H,20,21)/b12-6-,15-7+. The minimum Gasteiger partial charge on any atom is -0.397 e. The molecule has 1 amide bonds. The number of anilines is 2. The van der Waals surface area contributed by atoms with Gasteiger partial charge in [-0.2, -0.15) is 0 Å². The molecule has 7 N–H and O–H groups in total. The molecule has 0 aliphatic carbocycles. The Balaban J connectivity index is 2.19. The zero-order valence-corrected chi connectivity index (χ0v) is 14.2. The van der Waals surface area contributed by atoms with Crippen LogP contribution in [0.15, 0.2) is 58.6 Å². The molecule has 0 radical (unpaired) electrons. The minimum absolute atomic E-state index is 0.0583. The second-order valence-corrected chi connectivity index (χ2v) is 6.46. The van der Waals surface area contributed by atoms with Crippen molar-refractivity contribution in [3.8, 4) is 10.4 Å². The number of hydrogen-bond donors (Lipinski definition) is 4. The van der Waals surface area contributed by atoms with Crippen LogP contribution < -0.4 is 22.5 Å². The molecule has 0 saturated heterocycles. The number of carbonyl (C=O) groups is 1. The third kappa shape index (κ3) is 4.54. The number of allylic oxidation sites excluding steroid dienone is 2. The molecule has 2 aromatic rings. The predicted molar refractivity (Wildman–Crippen MR) is 101 cm³/mol. The van der Waals surface area contributed by atoms with Gasteiger partial charge in [-0.05, 0) is 47.6 Å². The highest BCUT2D eigenvalue weighted by Gasteiger charge is 2.09. The fraction of sp³-hybridized carbons (Fsp3) is 0.0625. The van der Waals surface area contributed by atoms with Crippen LogP contribution >= 0.6 is 23.1 Å². The second-order valence-electron chi connectivity index (χ2n) is 4.63. The van der Waals surface area contributed by atoms with Crippen molar-refractivity contribution in [3.05, 3.63) is 58.6 Å². The predicted octanol–water partition coefficient (Wildman–Crippen LogP) is 2.94. The summed E-state index contributed by atoms with van der Waals surface area (Å²) >= 11 is 2.99. The Labute approximate surface area is 143 Å². The Bertz CT molecular complexity index is 751. The number of amides is 1. The molecule has 5 nitrogen and oxygen atoms in total. The van der Waals surface area contributed by atoms with Crippen molar-refractivity contribution in [2.45, 2.75) is 0 Å². The van der Waals surface area contributed by atoms with E-state index in [1.54, 1.807) is 23.5 Å². The summed E-state index contributed by atoms with van der Waals surface area (Å²) < 4.78 is 0. The van der Waals surface area contributed by atoms with Crippen molar-refractivity contribution < 1.29 is 4.79 Å². The summed E-state index contributed by atoms with van der Waals surface area (Å²) in [5, 5.41) is 5.29. The zero-order valence-electron chi connectivity index (χ0n) is 12.6. The van der Waals surface area contributed by atoms with E-state index in [0.717, 1.165) is 10.4 Å². The summed E-state index contributed by atoms with van der Waals surface area (Å²) in [5.74, 6) is -0.426. The molecule has 0 unspecified atom stereocenters. The van der Waals surface area contributed by atoms with Crippen LogP contribution in [0.1, 0.15) is 0 Å². The lowest BCUT2D eigenvalue weighted by Gasteiger charge is -2.10.